The average molecular weight is 516 g/mol. The number of nitrogens with one attached hydrogen (secondary N) is 1. The lowest BCUT2D eigenvalue weighted by Crippen LogP contribution is -2.33. The molecule has 0 fully saturated rings. The minimum absolute atomic E-state index is 0.303. The smallest absolute Gasteiger partial charge is 0.306 e. The largest absolute Gasteiger partial charge is 0.333 e. The molecule has 1 N–H and O–H groups in total. The molecule has 0 spiro atoms. The van der Waals surface area contributed by atoms with Crippen molar-refractivity contribution in [1.29, 1.82) is 5.26 Å². The van der Waals surface area contributed by atoms with E-state index >= 15 is 0 Å². The van der Waals surface area contributed by atoms with Crippen molar-refractivity contribution in [1.82, 2.24) is 19.5 Å². The van der Waals surface area contributed by atoms with E-state index in [-0.39, 0.29) is 0 Å². The fraction of sp³-hybridized carbons (Fsp3) is 0.0333. The minimum Gasteiger partial charge on any atom is -0.306 e. The van der Waals surface area contributed by atoms with Gasteiger partial charge in [-0.05, 0) is 53.9 Å². The molecule has 3 aromatic heterocycles. The summed E-state index contributed by atoms with van der Waals surface area (Å²) in [7, 11) is 0. The Morgan fingerprint density at radius 2 is 1.76 bits per heavy atom. The van der Waals surface area contributed by atoms with Crippen molar-refractivity contribution in [2.75, 3.05) is 0 Å². The quantitative estimate of drug-likeness (QED) is 0.321. The first-order valence-electron chi connectivity index (χ1n) is 11.7. The molecule has 6 rings (SSSR count). The first-order valence-corrected chi connectivity index (χ1v) is 12.1. The molecular weight excluding hydrogens is 498 g/mol. The molecule has 0 saturated heterocycles. The van der Waals surface area contributed by atoms with Crippen molar-refractivity contribution >= 4 is 33.3 Å². The molecular formula is C30H18ClN5O2. The van der Waals surface area contributed by atoms with Gasteiger partial charge in [-0.15, -0.1) is 0 Å². The summed E-state index contributed by atoms with van der Waals surface area (Å²) in [4.78, 5) is 38.1. The molecule has 0 saturated carbocycles. The van der Waals surface area contributed by atoms with Gasteiger partial charge in [-0.2, -0.15) is 5.26 Å². The molecule has 8 heteroatoms. The van der Waals surface area contributed by atoms with Gasteiger partial charge in [0.1, 0.15) is 11.8 Å². The van der Waals surface area contributed by atoms with Gasteiger partial charge in [0.05, 0.1) is 22.8 Å². The third-order valence-corrected chi connectivity index (χ3v) is 6.78. The number of halogens is 1. The molecule has 0 amide bonds. The Morgan fingerprint density at radius 1 is 0.921 bits per heavy atom. The van der Waals surface area contributed by atoms with Gasteiger partial charge in [0.2, 0.25) is 0 Å². The van der Waals surface area contributed by atoms with E-state index in [1.165, 1.54) is 6.20 Å². The van der Waals surface area contributed by atoms with Gasteiger partial charge in [-0.25, -0.2) is 14.3 Å². The number of pyridine rings is 2. The molecule has 7 nitrogen and oxygen atoms in total. The van der Waals surface area contributed by atoms with E-state index in [2.05, 4.69) is 21.0 Å². The molecule has 0 aliphatic carbocycles. The second-order valence-corrected chi connectivity index (χ2v) is 9.27. The van der Waals surface area contributed by atoms with E-state index in [0.717, 1.165) is 26.5 Å². The van der Waals surface area contributed by atoms with Crippen LogP contribution in [0.1, 0.15) is 11.4 Å². The van der Waals surface area contributed by atoms with E-state index in [1.54, 1.807) is 36.5 Å². The zero-order valence-electron chi connectivity index (χ0n) is 20.1. The standard InChI is InChI=1S/C30H18ClN5O2/c1-17-11-20(12-21(14-32)34-17)23-7-4-8-25(31)28(23)18-9-10-24-26(13-18)35-30(38)36(29(24)37)27-16-33-15-19-5-2-3-6-22(19)27/h2-13,15-16H,1H3,(H,35,38). The lowest BCUT2D eigenvalue weighted by Gasteiger charge is -2.14. The molecule has 0 aliphatic rings. The van der Waals surface area contributed by atoms with Gasteiger partial charge >= 0.3 is 5.69 Å². The number of nitrogens with zero attached hydrogens (tertiary/aromatic N) is 4. The van der Waals surface area contributed by atoms with Crippen LogP contribution in [0, 0.1) is 18.3 Å². The maximum absolute atomic E-state index is 13.6. The van der Waals surface area contributed by atoms with Crippen molar-refractivity contribution in [2.45, 2.75) is 6.92 Å². The lowest BCUT2D eigenvalue weighted by atomic mass is 9.93. The SMILES string of the molecule is Cc1cc(-c2cccc(Cl)c2-c2ccc3c(=O)n(-c4cncc5ccccc45)c(=O)[nH]c3c2)cc(C#N)n1. The van der Waals surface area contributed by atoms with Crippen LogP contribution in [0.3, 0.4) is 0 Å². The summed E-state index contributed by atoms with van der Waals surface area (Å²) in [5, 5.41) is 11.8. The molecule has 182 valence electrons. The molecule has 0 radical (unpaired) electrons. The van der Waals surface area contributed by atoms with E-state index in [1.807, 2.05) is 49.4 Å². The fourth-order valence-electron chi connectivity index (χ4n) is 4.81. The zero-order valence-corrected chi connectivity index (χ0v) is 20.8. The molecule has 0 atom stereocenters. The predicted octanol–water partition coefficient (Wildman–Crippen LogP) is 5.79. The average Bonchev–Trinajstić information content (AvgIpc) is 2.92. The molecule has 0 unspecified atom stereocenters. The maximum Gasteiger partial charge on any atom is 0.333 e. The highest BCUT2D eigenvalue weighted by molar-refractivity contribution is 6.34. The highest BCUT2D eigenvalue weighted by atomic mass is 35.5. The normalized spacial score (nSPS) is 11.1. The number of rotatable bonds is 3. The fourth-order valence-corrected chi connectivity index (χ4v) is 5.09. The Morgan fingerprint density at radius 3 is 2.61 bits per heavy atom. The molecule has 0 bridgehead atoms. The number of hydrogen-bond acceptors (Lipinski definition) is 5. The number of aromatic nitrogens is 4. The summed E-state index contributed by atoms with van der Waals surface area (Å²) in [6.45, 7) is 1.83. The van der Waals surface area contributed by atoms with E-state index in [4.69, 9.17) is 11.6 Å². The molecule has 6 aromatic rings. The number of nitriles is 1. The summed E-state index contributed by atoms with van der Waals surface area (Å²) in [6, 6.07) is 23.9. The van der Waals surface area contributed by atoms with Crippen molar-refractivity contribution < 1.29 is 0 Å². The van der Waals surface area contributed by atoms with Crippen LogP contribution < -0.4 is 11.2 Å². The van der Waals surface area contributed by atoms with Gasteiger partial charge in [-0.3, -0.25) is 9.78 Å². The van der Waals surface area contributed by atoms with Crippen LogP contribution in [-0.4, -0.2) is 19.5 Å². The van der Waals surface area contributed by atoms with Gasteiger partial charge in [0.25, 0.3) is 5.56 Å². The molecule has 3 aromatic carbocycles. The number of aromatic amines is 1. The van der Waals surface area contributed by atoms with Crippen molar-refractivity contribution in [3.8, 4) is 34.0 Å². The lowest BCUT2D eigenvalue weighted by molar-refractivity contribution is 0.902. The zero-order chi connectivity index (χ0) is 26.4. The summed E-state index contributed by atoms with van der Waals surface area (Å²) in [5.41, 5.74) is 3.81. The maximum atomic E-state index is 13.6. The van der Waals surface area contributed by atoms with E-state index in [0.29, 0.717) is 44.1 Å². The van der Waals surface area contributed by atoms with Crippen molar-refractivity contribution in [2.24, 2.45) is 0 Å². The Kier molecular flexibility index (Phi) is 5.60. The summed E-state index contributed by atoms with van der Waals surface area (Å²) in [5.74, 6) is 0. The second-order valence-electron chi connectivity index (χ2n) is 8.87. The summed E-state index contributed by atoms with van der Waals surface area (Å²) >= 11 is 6.68. The van der Waals surface area contributed by atoms with Gasteiger partial charge in [0.15, 0.2) is 0 Å². The molecule has 38 heavy (non-hydrogen) atoms. The minimum atomic E-state index is -0.569. The third-order valence-electron chi connectivity index (χ3n) is 6.47. The van der Waals surface area contributed by atoms with Crippen LogP contribution >= 0.6 is 11.6 Å². The number of benzene rings is 3. The first-order chi connectivity index (χ1) is 18.4. The van der Waals surface area contributed by atoms with Crippen LogP contribution in [0.5, 0.6) is 0 Å². The monoisotopic (exact) mass is 515 g/mol. The van der Waals surface area contributed by atoms with Crippen LogP contribution in [0.4, 0.5) is 0 Å². The van der Waals surface area contributed by atoms with E-state index < -0.39 is 11.2 Å². The Bertz CT molecular complexity index is 2070. The summed E-state index contributed by atoms with van der Waals surface area (Å²) in [6.07, 6.45) is 3.21. The number of aryl methyl sites for hydroxylation is 1. The molecule has 0 aliphatic heterocycles. The van der Waals surface area contributed by atoms with Gasteiger partial charge in [0, 0.05) is 33.2 Å². The Labute approximate surface area is 221 Å². The van der Waals surface area contributed by atoms with Gasteiger partial charge in [-0.1, -0.05) is 54.1 Å². The second kappa shape index (κ2) is 9.11. The molecule has 3 heterocycles. The first kappa shape index (κ1) is 23.3. The number of hydrogen-bond donors (Lipinski definition) is 1. The number of H-pyrrole nitrogens is 1. The van der Waals surface area contributed by atoms with Crippen LogP contribution in [0.25, 0.3) is 49.6 Å². The predicted molar refractivity (Wildman–Crippen MR) is 149 cm³/mol. The Balaban J connectivity index is 1.56. The highest BCUT2D eigenvalue weighted by Gasteiger charge is 2.17. The third kappa shape index (κ3) is 3.84. The van der Waals surface area contributed by atoms with Crippen molar-refractivity contribution in [3.05, 3.63) is 122 Å². The summed E-state index contributed by atoms with van der Waals surface area (Å²) < 4.78 is 1.11. The highest BCUT2D eigenvalue weighted by Crippen LogP contribution is 2.38. The van der Waals surface area contributed by atoms with E-state index in [9.17, 15) is 14.9 Å². The van der Waals surface area contributed by atoms with Crippen molar-refractivity contribution in [3.63, 3.8) is 0 Å². The number of fused-ring (bicyclic) bond motifs is 2. The van der Waals surface area contributed by atoms with Gasteiger partial charge < -0.3 is 4.98 Å². The van der Waals surface area contributed by atoms with Crippen LogP contribution in [0.15, 0.2) is 94.8 Å². The van der Waals surface area contributed by atoms with Crippen LogP contribution in [0.2, 0.25) is 5.02 Å². The van der Waals surface area contributed by atoms with Crippen LogP contribution in [-0.2, 0) is 0 Å². The topological polar surface area (TPSA) is 104 Å². The Hall–Kier alpha value is -5.06.